The maximum absolute atomic E-state index is 9.45. The number of hydrogen-bond donors (Lipinski definition) is 1. The predicted octanol–water partition coefficient (Wildman–Crippen LogP) is 4.33. The van der Waals surface area contributed by atoms with Crippen LogP contribution in [0.4, 0.5) is 5.69 Å². The summed E-state index contributed by atoms with van der Waals surface area (Å²) in [5, 5.41) is 12.9. The van der Waals surface area contributed by atoms with Crippen LogP contribution in [0.2, 0.25) is 0 Å². The molecule has 2 atom stereocenters. The molecule has 3 heteroatoms. The fraction of sp³-hybridized carbons (Fsp3) is 0.500. The van der Waals surface area contributed by atoms with Gasteiger partial charge in [-0.25, -0.2) is 0 Å². The Balaban J connectivity index is 2.14. The van der Waals surface area contributed by atoms with Gasteiger partial charge in [0.2, 0.25) is 0 Å². The maximum atomic E-state index is 9.45. The highest BCUT2D eigenvalue weighted by Crippen LogP contribution is 2.34. The normalized spacial score (nSPS) is 28.4. The number of hydrogen-bond acceptors (Lipinski definition) is 2. The third kappa shape index (κ3) is 3.01. The maximum Gasteiger partial charge on any atom is 0.125 e. The molecule has 1 aromatic rings. The van der Waals surface area contributed by atoms with Crippen molar-refractivity contribution in [3.63, 3.8) is 0 Å². The fourth-order valence-corrected chi connectivity index (χ4v) is 2.87. The lowest BCUT2D eigenvalue weighted by molar-refractivity contribution is 0.308. The molecule has 1 aliphatic carbocycles. The number of nitrogens with zero attached hydrogens (tertiary/aromatic N) is 1. The number of benzene rings is 1. The molecule has 2 nitrogen and oxygen atoms in total. The summed E-state index contributed by atoms with van der Waals surface area (Å²) in [6.45, 7) is 2.23. The zero-order valence-corrected chi connectivity index (χ0v) is 11.6. The number of nitriles is 1. The first-order chi connectivity index (χ1) is 8.13. The van der Waals surface area contributed by atoms with Crippen molar-refractivity contribution in [1.29, 1.82) is 5.26 Å². The monoisotopic (exact) mass is 292 g/mol. The highest BCUT2D eigenvalue weighted by molar-refractivity contribution is 9.10. The van der Waals surface area contributed by atoms with E-state index < -0.39 is 0 Å². The quantitative estimate of drug-likeness (QED) is 0.880. The zero-order chi connectivity index (χ0) is 12.3. The minimum atomic E-state index is -0.370. The second-order valence-electron chi connectivity index (χ2n) is 5.03. The third-order valence-electron chi connectivity index (χ3n) is 3.44. The van der Waals surface area contributed by atoms with Gasteiger partial charge in [0.05, 0.1) is 6.07 Å². The van der Waals surface area contributed by atoms with Crippen LogP contribution in [0.15, 0.2) is 28.7 Å². The van der Waals surface area contributed by atoms with Gasteiger partial charge in [0.15, 0.2) is 0 Å². The van der Waals surface area contributed by atoms with E-state index in [1.807, 2.05) is 24.3 Å². The summed E-state index contributed by atoms with van der Waals surface area (Å²) in [6.07, 6.45) is 4.27. The number of nitrogens with one attached hydrogen (secondary N) is 1. The Morgan fingerprint density at radius 2 is 2.12 bits per heavy atom. The van der Waals surface area contributed by atoms with Crippen molar-refractivity contribution in [2.24, 2.45) is 5.92 Å². The summed E-state index contributed by atoms with van der Waals surface area (Å²) in [5.74, 6) is 0.631. The molecule has 0 bridgehead atoms. The molecule has 1 saturated carbocycles. The third-order valence-corrected chi connectivity index (χ3v) is 3.97. The van der Waals surface area contributed by atoms with Gasteiger partial charge in [-0.3, -0.25) is 0 Å². The molecule has 1 aromatic carbocycles. The van der Waals surface area contributed by atoms with Crippen LogP contribution >= 0.6 is 15.9 Å². The topological polar surface area (TPSA) is 35.8 Å². The number of rotatable bonds is 2. The van der Waals surface area contributed by atoms with Crippen LogP contribution in [0.25, 0.3) is 0 Å². The average molecular weight is 293 g/mol. The van der Waals surface area contributed by atoms with E-state index in [1.54, 1.807) is 0 Å². The Hall–Kier alpha value is -1.01. The van der Waals surface area contributed by atoms with E-state index in [9.17, 15) is 5.26 Å². The molecular weight excluding hydrogens is 276 g/mol. The van der Waals surface area contributed by atoms with E-state index >= 15 is 0 Å². The number of anilines is 1. The van der Waals surface area contributed by atoms with Gasteiger partial charge in [-0.2, -0.15) is 5.26 Å². The van der Waals surface area contributed by atoms with Crippen LogP contribution in [-0.4, -0.2) is 5.54 Å². The zero-order valence-electron chi connectivity index (χ0n) is 10.0. The average Bonchev–Trinajstić information content (AvgIpc) is 2.32. The van der Waals surface area contributed by atoms with Gasteiger partial charge < -0.3 is 5.32 Å². The Morgan fingerprint density at radius 3 is 2.71 bits per heavy atom. The van der Waals surface area contributed by atoms with Crippen LogP contribution in [0, 0.1) is 17.2 Å². The Kier molecular flexibility index (Phi) is 3.73. The van der Waals surface area contributed by atoms with Crippen LogP contribution in [-0.2, 0) is 0 Å². The van der Waals surface area contributed by atoms with Crippen molar-refractivity contribution < 1.29 is 0 Å². The van der Waals surface area contributed by atoms with Crippen LogP contribution in [0.3, 0.4) is 0 Å². The molecule has 1 aliphatic rings. The van der Waals surface area contributed by atoms with Crippen molar-refractivity contribution in [2.75, 3.05) is 5.32 Å². The first kappa shape index (κ1) is 12.4. The van der Waals surface area contributed by atoms with E-state index in [4.69, 9.17) is 0 Å². The fourth-order valence-electron chi connectivity index (χ4n) is 2.60. The summed E-state index contributed by atoms with van der Waals surface area (Å²) in [6, 6.07) is 10.5. The largest absolute Gasteiger partial charge is 0.367 e. The Labute approximate surface area is 111 Å². The van der Waals surface area contributed by atoms with Crippen molar-refractivity contribution in [1.82, 2.24) is 0 Å². The van der Waals surface area contributed by atoms with Gasteiger partial charge in [0, 0.05) is 10.2 Å². The lowest BCUT2D eigenvalue weighted by Gasteiger charge is -2.35. The van der Waals surface area contributed by atoms with E-state index in [0.29, 0.717) is 5.92 Å². The summed E-state index contributed by atoms with van der Waals surface area (Å²) >= 11 is 3.42. The highest BCUT2D eigenvalue weighted by atomic mass is 79.9. The second kappa shape index (κ2) is 5.10. The van der Waals surface area contributed by atoms with Gasteiger partial charge in [-0.15, -0.1) is 0 Å². The Morgan fingerprint density at radius 1 is 1.41 bits per heavy atom. The van der Waals surface area contributed by atoms with E-state index in [2.05, 4.69) is 34.2 Å². The minimum Gasteiger partial charge on any atom is -0.367 e. The first-order valence-electron chi connectivity index (χ1n) is 6.08. The second-order valence-corrected chi connectivity index (χ2v) is 5.94. The molecule has 2 unspecified atom stereocenters. The first-order valence-corrected chi connectivity index (χ1v) is 6.88. The van der Waals surface area contributed by atoms with Gasteiger partial charge in [-0.05, 0) is 49.4 Å². The summed E-state index contributed by atoms with van der Waals surface area (Å²) in [5.41, 5.74) is 0.662. The van der Waals surface area contributed by atoms with Gasteiger partial charge >= 0.3 is 0 Å². The highest BCUT2D eigenvalue weighted by Gasteiger charge is 2.34. The van der Waals surface area contributed by atoms with Gasteiger partial charge in [0.1, 0.15) is 5.54 Å². The standard InChI is InChI=1S/C14H17BrN2/c1-11-3-2-8-14(9-11,10-16)17-13-6-4-12(15)5-7-13/h4-7,11,17H,2-3,8-9H2,1H3. The molecule has 0 radical (unpaired) electrons. The van der Waals surface area contributed by atoms with Crippen LogP contribution in [0.5, 0.6) is 0 Å². The van der Waals surface area contributed by atoms with Crippen molar-refractivity contribution in [2.45, 2.75) is 38.1 Å². The predicted molar refractivity (Wildman–Crippen MR) is 73.7 cm³/mol. The minimum absolute atomic E-state index is 0.370. The van der Waals surface area contributed by atoms with Crippen molar-refractivity contribution >= 4 is 21.6 Å². The van der Waals surface area contributed by atoms with E-state index in [-0.39, 0.29) is 5.54 Å². The van der Waals surface area contributed by atoms with Crippen LogP contribution < -0.4 is 5.32 Å². The van der Waals surface area contributed by atoms with Gasteiger partial charge in [-0.1, -0.05) is 29.3 Å². The smallest absolute Gasteiger partial charge is 0.125 e. The molecule has 0 saturated heterocycles. The number of halogens is 1. The summed E-state index contributed by atoms with van der Waals surface area (Å²) in [7, 11) is 0. The Bertz CT molecular complexity index is 421. The molecule has 1 N–H and O–H groups in total. The molecule has 0 spiro atoms. The molecule has 0 heterocycles. The summed E-state index contributed by atoms with van der Waals surface area (Å²) in [4.78, 5) is 0. The molecule has 1 fully saturated rings. The molecule has 90 valence electrons. The molecule has 0 amide bonds. The molecular formula is C14H17BrN2. The summed E-state index contributed by atoms with van der Waals surface area (Å²) < 4.78 is 1.06. The molecule has 2 rings (SSSR count). The lowest BCUT2D eigenvalue weighted by atomic mass is 9.77. The SMILES string of the molecule is CC1CCCC(C#N)(Nc2ccc(Br)cc2)C1. The molecule has 17 heavy (non-hydrogen) atoms. The van der Waals surface area contributed by atoms with E-state index in [0.717, 1.165) is 29.4 Å². The van der Waals surface area contributed by atoms with Gasteiger partial charge in [0.25, 0.3) is 0 Å². The molecule has 0 aliphatic heterocycles. The lowest BCUT2D eigenvalue weighted by Crippen LogP contribution is -2.41. The van der Waals surface area contributed by atoms with Crippen molar-refractivity contribution in [3.8, 4) is 6.07 Å². The molecule has 0 aromatic heterocycles. The van der Waals surface area contributed by atoms with E-state index in [1.165, 1.54) is 6.42 Å². The van der Waals surface area contributed by atoms with Crippen LogP contribution in [0.1, 0.15) is 32.6 Å². The van der Waals surface area contributed by atoms with Crippen molar-refractivity contribution in [3.05, 3.63) is 28.7 Å².